The molecule has 0 bridgehead atoms. The fourth-order valence-corrected chi connectivity index (χ4v) is 3.80. The zero-order valence-corrected chi connectivity index (χ0v) is 19.3. The summed E-state index contributed by atoms with van der Waals surface area (Å²) in [6, 6.07) is 20.9. The summed E-state index contributed by atoms with van der Waals surface area (Å²) in [5.74, 6) is -0.820. The Morgan fingerprint density at radius 3 is 2.21 bits per heavy atom. The zero-order chi connectivity index (χ0) is 24.6. The van der Waals surface area contributed by atoms with Gasteiger partial charge in [-0.1, -0.05) is 54.1 Å². The molecule has 0 fully saturated rings. The summed E-state index contributed by atoms with van der Waals surface area (Å²) >= 11 is 0. The minimum atomic E-state index is -3.98. The number of carbonyl (C=O) groups is 2. The van der Waals surface area contributed by atoms with Gasteiger partial charge in [-0.2, -0.15) is 8.42 Å². The highest BCUT2D eigenvalue weighted by molar-refractivity contribution is 7.87. The predicted molar refractivity (Wildman–Crippen MR) is 131 cm³/mol. The second-order valence-electron chi connectivity index (χ2n) is 7.30. The van der Waals surface area contributed by atoms with Crippen LogP contribution in [0.5, 0.6) is 5.75 Å². The van der Waals surface area contributed by atoms with Gasteiger partial charge in [0.05, 0.1) is 0 Å². The molecule has 0 saturated heterocycles. The minimum Gasteiger partial charge on any atom is -0.379 e. The Morgan fingerprint density at radius 1 is 0.941 bits per heavy atom. The lowest BCUT2D eigenvalue weighted by Crippen LogP contribution is -2.34. The molecule has 0 radical (unpaired) electrons. The third kappa shape index (κ3) is 6.66. The van der Waals surface area contributed by atoms with Crippen molar-refractivity contribution in [1.29, 1.82) is 0 Å². The minimum absolute atomic E-state index is 0.0247. The van der Waals surface area contributed by atoms with Crippen molar-refractivity contribution >= 4 is 28.0 Å². The van der Waals surface area contributed by atoms with E-state index in [1.54, 1.807) is 54.6 Å². The largest absolute Gasteiger partial charge is 0.379 e. The highest BCUT2D eigenvalue weighted by atomic mass is 32.2. The van der Waals surface area contributed by atoms with Crippen molar-refractivity contribution in [2.75, 3.05) is 6.54 Å². The summed E-state index contributed by atoms with van der Waals surface area (Å²) in [6.07, 6.45) is 3.01. The van der Waals surface area contributed by atoms with E-state index in [-0.39, 0.29) is 22.9 Å². The number of carbonyl (C=O) groups excluding carboxylic acids is 2. The summed E-state index contributed by atoms with van der Waals surface area (Å²) in [6.45, 7) is 5.65. The van der Waals surface area contributed by atoms with Gasteiger partial charge in [0.2, 0.25) is 0 Å². The van der Waals surface area contributed by atoms with Crippen LogP contribution in [0, 0.1) is 6.92 Å². The van der Waals surface area contributed by atoms with Crippen molar-refractivity contribution in [2.45, 2.75) is 11.8 Å². The molecule has 0 saturated carbocycles. The lowest BCUT2D eigenvalue weighted by Gasteiger charge is -2.11. The molecule has 0 aromatic heterocycles. The van der Waals surface area contributed by atoms with E-state index in [0.29, 0.717) is 11.1 Å². The number of benzene rings is 3. The van der Waals surface area contributed by atoms with Crippen LogP contribution in [0.1, 0.15) is 21.5 Å². The number of aryl methyl sites for hydroxylation is 1. The Kier molecular flexibility index (Phi) is 8.00. The first kappa shape index (κ1) is 24.5. The molecule has 0 aliphatic heterocycles. The molecule has 0 aliphatic rings. The van der Waals surface area contributed by atoms with Crippen LogP contribution in [-0.4, -0.2) is 26.8 Å². The van der Waals surface area contributed by atoms with E-state index < -0.39 is 21.9 Å². The monoisotopic (exact) mass is 476 g/mol. The van der Waals surface area contributed by atoms with E-state index in [9.17, 15) is 18.0 Å². The van der Waals surface area contributed by atoms with Crippen molar-refractivity contribution in [3.63, 3.8) is 0 Å². The topological polar surface area (TPSA) is 102 Å². The van der Waals surface area contributed by atoms with Crippen LogP contribution in [0.4, 0.5) is 0 Å². The molecule has 2 N–H and O–H groups in total. The Morgan fingerprint density at radius 2 is 1.59 bits per heavy atom. The van der Waals surface area contributed by atoms with Crippen molar-refractivity contribution in [3.8, 4) is 5.75 Å². The lowest BCUT2D eigenvalue weighted by atomic mass is 10.1. The van der Waals surface area contributed by atoms with Gasteiger partial charge in [-0.3, -0.25) is 9.59 Å². The summed E-state index contributed by atoms with van der Waals surface area (Å²) in [5, 5.41) is 5.25. The molecule has 8 heteroatoms. The second kappa shape index (κ2) is 11.1. The van der Waals surface area contributed by atoms with Crippen LogP contribution >= 0.6 is 0 Å². The normalized spacial score (nSPS) is 11.4. The van der Waals surface area contributed by atoms with Gasteiger partial charge in [0.1, 0.15) is 16.3 Å². The van der Waals surface area contributed by atoms with E-state index in [4.69, 9.17) is 4.18 Å². The van der Waals surface area contributed by atoms with Gasteiger partial charge in [-0.25, -0.2) is 0 Å². The first-order chi connectivity index (χ1) is 16.3. The smallest absolute Gasteiger partial charge is 0.339 e. The van der Waals surface area contributed by atoms with Crippen LogP contribution in [-0.2, 0) is 14.9 Å². The molecule has 3 rings (SSSR count). The highest BCUT2D eigenvalue weighted by Crippen LogP contribution is 2.20. The Hall–Kier alpha value is -4.17. The van der Waals surface area contributed by atoms with Gasteiger partial charge in [0.25, 0.3) is 11.8 Å². The SMILES string of the molecule is C=CCNC(=O)/C(=C/c1ccc(OS(=O)(=O)c2ccc(C)cc2)cc1)NC(=O)c1ccccc1. The number of hydrogen-bond acceptors (Lipinski definition) is 5. The predicted octanol–water partition coefficient (Wildman–Crippen LogP) is 3.84. The van der Waals surface area contributed by atoms with E-state index in [1.807, 2.05) is 6.92 Å². The summed E-state index contributed by atoms with van der Waals surface area (Å²) in [7, 11) is -3.98. The second-order valence-corrected chi connectivity index (χ2v) is 8.84. The maximum atomic E-state index is 12.6. The fourth-order valence-electron chi connectivity index (χ4n) is 2.87. The molecule has 0 unspecified atom stereocenters. The number of nitrogens with one attached hydrogen (secondary N) is 2. The molecular weight excluding hydrogens is 452 g/mol. The molecule has 0 heterocycles. The van der Waals surface area contributed by atoms with Crippen molar-refractivity contribution < 1.29 is 22.2 Å². The quantitative estimate of drug-likeness (QED) is 0.278. The van der Waals surface area contributed by atoms with Gasteiger partial charge in [0.15, 0.2) is 0 Å². The maximum Gasteiger partial charge on any atom is 0.339 e. The maximum absolute atomic E-state index is 12.6. The zero-order valence-electron chi connectivity index (χ0n) is 18.5. The van der Waals surface area contributed by atoms with Gasteiger partial charge in [-0.15, -0.1) is 6.58 Å². The van der Waals surface area contributed by atoms with Crippen molar-refractivity contribution in [2.24, 2.45) is 0 Å². The Labute approximate surface area is 198 Å². The number of rotatable bonds is 9. The number of hydrogen-bond donors (Lipinski definition) is 2. The van der Waals surface area contributed by atoms with Gasteiger partial charge in [-0.05, 0) is 55.0 Å². The lowest BCUT2D eigenvalue weighted by molar-refractivity contribution is -0.117. The molecule has 3 aromatic carbocycles. The van der Waals surface area contributed by atoms with Crippen LogP contribution in [0.15, 0.2) is 102 Å². The molecule has 174 valence electrons. The van der Waals surface area contributed by atoms with Crippen molar-refractivity contribution in [3.05, 3.63) is 114 Å². The standard InChI is InChI=1S/C26H24N2O5S/c1-3-17-27-26(30)24(28-25(29)21-7-5-4-6-8-21)18-20-11-13-22(14-12-20)33-34(31,32)23-15-9-19(2)10-16-23/h3-16,18H,1,17H2,2H3,(H,27,30)(H,28,29)/b24-18-. The third-order valence-electron chi connectivity index (χ3n) is 4.64. The summed E-state index contributed by atoms with van der Waals surface area (Å²) in [5.41, 5.74) is 1.91. The molecule has 3 aromatic rings. The van der Waals surface area contributed by atoms with Gasteiger partial charge >= 0.3 is 10.1 Å². The average Bonchev–Trinajstić information content (AvgIpc) is 2.84. The molecule has 7 nitrogen and oxygen atoms in total. The van der Waals surface area contributed by atoms with Crippen LogP contribution in [0.2, 0.25) is 0 Å². The van der Waals surface area contributed by atoms with Gasteiger partial charge < -0.3 is 14.8 Å². The summed E-state index contributed by atoms with van der Waals surface area (Å²) < 4.78 is 30.2. The molecule has 34 heavy (non-hydrogen) atoms. The Balaban J connectivity index is 1.80. The average molecular weight is 477 g/mol. The van der Waals surface area contributed by atoms with E-state index in [0.717, 1.165) is 5.56 Å². The molecule has 0 spiro atoms. The van der Waals surface area contributed by atoms with Crippen LogP contribution in [0.3, 0.4) is 0 Å². The van der Waals surface area contributed by atoms with Crippen molar-refractivity contribution in [1.82, 2.24) is 10.6 Å². The third-order valence-corrected chi connectivity index (χ3v) is 5.90. The van der Waals surface area contributed by atoms with E-state index in [1.165, 1.54) is 36.4 Å². The van der Waals surface area contributed by atoms with Crippen LogP contribution in [0.25, 0.3) is 6.08 Å². The fraction of sp³-hybridized carbons (Fsp3) is 0.0769. The van der Waals surface area contributed by atoms with Crippen LogP contribution < -0.4 is 14.8 Å². The summed E-state index contributed by atoms with van der Waals surface area (Å²) in [4.78, 5) is 25.2. The molecular formula is C26H24N2O5S. The van der Waals surface area contributed by atoms with E-state index in [2.05, 4.69) is 17.2 Å². The molecule has 2 amide bonds. The first-order valence-corrected chi connectivity index (χ1v) is 11.8. The molecule has 0 aliphatic carbocycles. The van der Waals surface area contributed by atoms with Gasteiger partial charge in [0, 0.05) is 12.1 Å². The van der Waals surface area contributed by atoms with E-state index >= 15 is 0 Å². The molecule has 0 atom stereocenters. The highest BCUT2D eigenvalue weighted by Gasteiger charge is 2.17. The Bertz CT molecular complexity index is 1300. The first-order valence-electron chi connectivity index (χ1n) is 10.4. The number of amides is 2.